The number of carbonyl (C=O) groups excluding carboxylic acids is 1. The zero-order chi connectivity index (χ0) is 15.4. The molecule has 0 unspecified atom stereocenters. The van der Waals surface area contributed by atoms with E-state index in [1.54, 1.807) is 6.07 Å². The molecule has 0 atom stereocenters. The SMILES string of the molecule is O=C(NCCc1nnc2n1CCCCC2)c1ccc[nH]c1=O. The normalized spacial score (nSPS) is 14.2. The van der Waals surface area contributed by atoms with Crippen molar-refractivity contribution < 1.29 is 4.79 Å². The monoisotopic (exact) mass is 301 g/mol. The van der Waals surface area contributed by atoms with E-state index >= 15 is 0 Å². The predicted octanol–water partition coefficient (Wildman–Crippen LogP) is 0.665. The van der Waals surface area contributed by atoms with E-state index in [2.05, 4.69) is 25.1 Å². The fourth-order valence-electron chi connectivity index (χ4n) is 2.71. The van der Waals surface area contributed by atoms with Crippen LogP contribution in [-0.2, 0) is 19.4 Å². The number of fused-ring (bicyclic) bond motifs is 1. The van der Waals surface area contributed by atoms with Gasteiger partial charge in [0.25, 0.3) is 11.5 Å². The molecule has 1 aliphatic heterocycles. The number of aryl methyl sites for hydroxylation is 1. The Balaban J connectivity index is 1.60. The second kappa shape index (κ2) is 6.55. The minimum atomic E-state index is -0.378. The van der Waals surface area contributed by atoms with E-state index in [9.17, 15) is 9.59 Å². The highest BCUT2D eigenvalue weighted by atomic mass is 16.2. The highest BCUT2D eigenvalue weighted by Crippen LogP contribution is 2.14. The van der Waals surface area contributed by atoms with Crippen LogP contribution in [0, 0.1) is 0 Å². The lowest BCUT2D eigenvalue weighted by Crippen LogP contribution is -2.31. The van der Waals surface area contributed by atoms with Crippen LogP contribution in [0.25, 0.3) is 0 Å². The number of H-pyrrole nitrogens is 1. The molecule has 1 amide bonds. The van der Waals surface area contributed by atoms with Crippen molar-refractivity contribution in [3.8, 4) is 0 Å². The number of amides is 1. The lowest BCUT2D eigenvalue weighted by atomic mass is 10.2. The van der Waals surface area contributed by atoms with Gasteiger partial charge in [-0.3, -0.25) is 9.59 Å². The van der Waals surface area contributed by atoms with Gasteiger partial charge in [0.1, 0.15) is 17.2 Å². The van der Waals surface area contributed by atoms with Crippen molar-refractivity contribution in [1.82, 2.24) is 25.1 Å². The molecule has 0 fully saturated rings. The number of aromatic nitrogens is 4. The summed E-state index contributed by atoms with van der Waals surface area (Å²) in [5.41, 5.74) is -0.251. The maximum absolute atomic E-state index is 12.0. The number of carbonyl (C=O) groups is 1. The first kappa shape index (κ1) is 14.5. The Hall–Kier alpha value is -2.44. The highest BCUT2D eigenvalue weighted by molar-refractivity contribution is 5.93. The van der Waals surface area contributed by atoms with Gasteiger partial charge in [0.2, 0.25) is 0 Å². The number of nitrogens with zero attached hydrogens (tertiary/aromatic N) is 3. The number of pyridine rings is 1. The number of aromatic amines is 1. The molecule has 0 saturated carbocycles. The van der Waals surface area contributed by atoms with Gasteiger partial charge in [0.05, 0.1) is 0 Å². The minimum absolute atomic E-state index is 0.127. The molecule has 0 aliphatic carbocycles. The van der Waals surface area contributed by atoms with E-state index in [-0.39, 0.29) is 17.0 Å². The average molecular weight is 301 g/mol. The summed E-state index contributed by atoms with van der Waals surface area (Å²) in [5, 5.41) is 11.2. The molecular weight excluding hydrogens is 282 g/mol. The van der Waals surface area contributed by atoms with Crippen molar-refractivity contribution in [2.24, 2.45) is 0 Å². The van der Waals surface area contributed by atoms with Crippen molar-refractivity contribution in [3.63, 3.8) is 0 Å². The molecule has 2 aromatic rings. The molecular formula is C15H19N5O2. The molecule has 116 valence electrons. The molecule has 3 rings (SSSR count). The second-order valence-electron chi connectivity index (χ2n) is 5.41. The molecule has 1 aliphatic rings. The molecule has 7 heteroatoms. The van der Waals surface area contributed by atoms with Crippen LogP contribution in [0.15, 0.2) is 23.1 Å². The summed E-state index contributed by atoms with van der Waals surface area (Å²) in [6, 6.07) is 3.14. The van der Waals surface area contributed by atoms with Crippen LogP contribution in [0.3, 0.4) is 0 Å². The summed E-state index contributed by atoms with van der Waals surface area (Å²) in [7, 11) is 0. The van der Waals surface area contributed by atoms with E-state index in [0.717, 1.165) is 37.5 Å². The second-order valence-corrected chi connectivity index (χ2v) is 5.41. The van der Waals surface area contributed by atoms with Gasteiger partial charge in [-0.15, -0.1) is 10.2 Å². The van der Waals surface area contributed by atoms with Crippen molar-refractivity contribution in [3.05, 3.63) is 45.9 Å². The molecule has 0 spiro atoms. The van der Waals surface area contributed by atoms with E-state index in [1.165, 1.54) is 18.7 Å². The summed E-state index contributed by atoms with van der Waals surface area (Å²) in [6.07, 6.45) is 6.61. The number of nitrogens with one attached hydrogen (secondary N) is 2. The first-order chi connectivity index (χ1) is 10.8. The van der Waals surface area contributed by atoms with Gasteiger partial charge in [0.15, 0.2) is 0 Å². The highest BCUT2D eigenvalue weighted by Gasteiger charge is 2.15. The lowest BCUT2D eigenvalue weighted by molar-refractivity contribution is 0.0952. The molecule has 2 N–H and O–H groups in total. The van der Waals surface area contributed by atoms with Crippen LogP contribution in [0.1, 0.15) is 41.3 Å². The van der Waals surface area contributed by atoms with E-state index in [0.29, 0.717) is 13.0 Å². The van der Waals surface area contributed by atoms with Crippen molar-refractivity contribution in [2.75, 3.05) is 6.54 Å². The third-order valence-electron chi connectivity index (χ3n) is 3.88. The van der Waals surface area contributed by atoms with E-state index in [1.807, 2.05) is 0 Å². The van der Waals surface area contributed by atoms with Crippen molar-refractivity contribution in [2.45, 2.75) is 38.6 Å². The van der Waals surface area contributed by atoms with Crippen LogP contribution in [-0.4, -0.2) is 32.2 Å². The summed E-state index contributed by atoms with van der Waals surface area (Å²) in [4.78, 5) is 26.0. The van der Waals surface area contributed by atoms with Gasteiger partial charge in [-0.2, -0.15) is 0 Å². The molecule has 3 heterocycles. The van der Waals surface area contributed by atoms with Crippen LogP contribution < -0.4 is 10.9 Å². The molecule has 2 aromatic heterocycles. The topological polar surface area (TPSA) is 92.7 Å². The first-order valence-electron chi connectivity index (χ1n) is 7.62. The number of hydrogen-bond donors (Lipinski definition) is 2. The standard InChI is InChI=1S/C15H19N5O2/c21-14-11(5-4-8-16-14)15(22)17-9-7-13-19-18-12-6-2-1-3-10-20(12)13/h4-5,8H,1-3,6-7,9-10H2,(H,16,21)(H,17,22). The maximum Gasteiger partial charge on any atom is 0.260 e. The lowest BCUT2D eigenvalue weighted by Gasteiger charge is -2.07. The van der Waals surface area contributed by atoms with Gasteiger partial charge >= 0.3 is 0 Å². The zero-order valence-electron chi connectivity index (χ0n) is 12.3. The number of rotatable bonds is 4. The average Bonchev–Trinajstić information content (AvgIpc) is 2.75. The quantitative estimate of drug-likeness (QED) is 0.868. The smallest absolute Gasteiger partial charge is 0.260 e. The van der Waals surface area contributed by atoms with Gasteiger partial charge in [-0.1, -0.05) is 6.42 Å². The van der Waals surface area contributed by atoms with Crippen LogP contribution in [0.4, 0.5) is 0 Å². The third kappa shape index (κ3) is 3.08. The molecule has 7 nitrogen and oxygen atoms in total. The Kier molecular flexibility index (Phi) is 4.32. The van der Waals surface area contributed by atoms with Crippen molar-refractivity contribution >= 4 is 5.91 Å². The van der Waals surface area contributed by atoms with Crippen LogP contribution in [0.5, 0.6) is 0 Å². The molecule has 0 aromatic carbocycles. The Morgan fingerprint density at radius 1 is 1.32 bits per heavy atom. The van der Waals surface area contributed by atoms with Gasteiger partial charge < -0.3 is 14.9 Å². The Labute approximate surface area is 127 Å². The summed E-state index contributed by atoms with van der Waals surface area (Å²) in [6.45, 7) is 1.38. The third-order valence-corrected chi connectivity index (χ3v) is 3.88. The summed E-state index contributed by atoms with van der Waals surface area (Å²) in [5.74, 6) is 1.58. The van der Waals surface area contributed by atoms with Gasteiger partial charge in [0, 0.05) is 32.1 Å². The summed E-state index contributed by atoms with van der Waals surface area (Å²) >= 11 is 0. The molecule has 0 radical (unpaired) electrons. The van der Waals surface area contributed by atoms with Crippen LogP contribution >= 0.6 is 0 Å². The minimum Gasteiger partial charge on any atom is -0.351 e. The fourth-order valence-corrected chi connectivity index (χ4v) is 2.71. The summed E-state index contributed by atoms with van der Waals surface area (Å²) < 4.78 is 2.16. The molecule has 0 saturated heterocycles. The fraction of sp³-hybridized carbons (Fsp3) is 0.467. The zero-order valence-corrected chi connectivity index (χ0v) is 12.3. The largest absolute Gasteiger partial charge is 0.351 e. The number of hydrogen-bond acceptors (Lipinski definition) is 4. The Morgan fingerprint density at radius 2 is 2.23 bits per heavy atom. The molecule has 22 heavy (non-hydrogen) atoms. The van der Waals surface area contributed by atoms with Gasteiger partial charge in [-0.25, -0.2) is 0 Å². The van der Waals surface area contributed by atoms with E-state index in [4.69, 9.17) is 0 Å². The molecule has 0 bridgehead atoms. The predicted molar refractivity (Wildman–Crippen MR) is 80.7 cm³/mol. The first-order valence-corrected chi connectivity index (χ1v) is 7.62. The van der Waals surface area contributed by atoms with Crippen LogP contribution in [0.2, 0.25) is 0 Å². The van der Waals surface area contributed by atoms with Crippen molar-refractivity contribution in [1.29, 1.82) is 0 Å². The van der Waals surface area contributed by atoms with Gasteiger partial charge in [-0.05, 0) is 25.0 Å². The maximum atomic E-state index is 12.0. The van der Waals surface area contributed by atoms with E-state index < -0.39 is 0 Å². The Morgan fingerprint density at radius 3 is 3.09 bits per heavy atom. The Bertz CT molecular complexity index is 719.